The summed E-state index contributed by atoms with van der Waals surface area (Å²) in [5.41, 5.74) is 0.497. The van der Waals surface area contributed by atoms with Crippen LogP contribution < -0.4 is 20.1 Å². The van der Waals surface area contributed by atoms with Crippen molar-refractivity contribution in [2.45, 2.75) is 20.3 Å². The fourth-order valence-corrected chi connectivity index (χ4v) is 2.40. The standard InChI is InChI=1S/C21H26N2O4/c1-21(2,20(25)23-16-7-11-18(27-4)12-8-16)19(24)22-14-13-15-5-9-17(26-3)10-6-15/h5-12H,13-14H2,1-4H3,(H,22,24)(H,23,25). The molecule has 0 atom stereocenters. The van der Waals surface area contributed by atoms with Crippen LogP contribution in [0.2, 0.25) is 0 Å². The van der Waals surface area contributed by atoms with Gasteiger partial charge in [-0.1, -0.05) is 12.1 Å². The summed E-state index contributed by atoms with van der Waals surface area (Å²) >= 11 is 0. The second-order valence-corrected chi connectivity index (χ2v) is 6.66. The lowest BCUT2D eigenvalue weighted by atomic mass is 9.91. The number of amides is 2. The summed E-state index contributed by atoms with van der Waals surface area (Å²) in [6.07, 6.45) is 0.673. The van der Waals surface area contributed by atoms with Crippen molar-refractivity contribution in [1.82, 2.24) is 5.32 Å². The van der Waals surface area contributed by atoms with Gasteiger partial charge in [0.05, 0.1) is 14.2 Å². The first-order valence-electron chi connectivity index (χ1n) is 8.73. The van der Waals surface area contributed by atoms with Gasteiger partial charge < -0.3 is 20.1 Å². The summed E-state index contributed by atoms with van der Waals surface area (Å²) in [5, 5.41) is 5.60. The smallest absolute Gasteiger partial charge is 0.239 e. The minimum absolute atomic E-state index is 0.318. The normalized spacial score (nSPS) is 10.8. The Bertz CT molecular complexity index is 768. The van der Waals surface area contributed by atoms with Gasteiger partial charge in [0.1, 0.15) is 16.9 Å². The summed E-state index contributed by atoms with van der Waals surface area (Å²) in [7, 11) is 3.20. The number of anilines is 1. The second-order valence-electron chi connectivity index (χ2n) is 6.66. The first kappa shape index (κ1) is 20.3. The van der Waals surface area contributed by atoms with Crippen LogP contribution in [0.1, 0.15) is 19.4 Å². The third-order valence-electron chi connectivity index (χ3n) is 4.34. The molecule has 2 aromatic carbocycles. The van der Waals surface area contributed by atoms with Crippen LogP contribution in [-0.4, -0.2) is 32.6 Å². The summed E-state index contributed by atoms with van der Waals surface area (Å²) in [4.78, 5) is 25.0. The van der Waals surface area contributed by atoms with Crippen LogP contribution in [0, 0.1) is 5.41 Å². The van der Waals surface area contributed by atoms with Crippen molar-refractivity contribution in [2.75, 3.05) is 26.1 Å². The molecule has 0 unspecified atom stereocenters. The molecular formula is C21H26N2O4. The molecular weight excluding hydrogens is 344 g/mol. The molecule has 0 fully saturated rings. The van der Waals surface area contributed by atoms with Crippen molar-refractivity contribution in [3.05, 3.63) is 54.1 Å². The zero-order chi connectivity index (χ0) is 19.9. The van der Waals surface area contributed by atoms with E-state index in [2.05, 4.69) is 10.6 Å². The molecule has 2 aromatic rings. The van der Waals surface area contributed by atoms with E-state index in [1.165, 1.54) is 0 Å². The van der Waals surface area contributed by atoms with Gasteiger partial charge in [-0.15, -0.1) is 0 Å². The molecule has 0 aliphatic carbocycles. The molecule has 0 aliphatic rings. The second kappa shape index (κ2) is 9.07. The Balaban J connectivity index is 1.87. The van der Waals surface area contributed by atoms with E-state index < -0.39 is 5.41 Å². The lowest BCUT2D eigenvalue weighted by Crippen LogP contribution is -2.45. The molecule has 0 saturated heterocycles. The van der Waals surface area contributed by atoms with E-state index >= 15 is 0 Å². The Morgan fingerprint density at radius 1 is 0.852 bits per heavy atom. The molecule has 2 amide bonds. The van der Waals surface area contributed by atoms with Crippen LogP contribution in [-0.2, 0) is 16.0 Å². The lowest BCUT2D eigenvalue weighted by Gasteiger charge is -2.22. The fourth-order valence-electron chi connectivity index (χ4n) is 2.40. The summed E-state index contributed by atoms with van der Waals surface area (Å²) in [5.74, 6) is 0.805. The van der Waals surface area contributed by atoms with Crippen LogP contribution in [0.25, 0.3) is 0 Å². The van der Waals surface area contributed by atoms with Crippen molar-refractivity contribution in [2.24, 2.45) is 5.41 Å². The highest BCUT2D eigenvalue weighted by Gasteiger charge is 2.35. The quantitative estimate of drug-likeness (QED) is 0.701. The summed E-state index contributed by atoms with van der Waals surface area (Å²) < 4.78 is 10.2. The van der Waals surface area contributed by atoms with Gasteiger partial charge in [0.25, 0.3) is 0 Å². The van der Waals surface area contributed by atoms with Crippen LogP contribution in [0.3, 0.4) is 0 Å². The van der Waals surface area contributed by atoms with Crippen molar-refractivity contribution in [3.63, 3.8) is 0 Å². The molecule has 0 aromatic heterocycles. The molecule has 27 heavy (non-hydrogen) atoms. The van der Waals surface area contributed by atoms with E-state index in [4.69, 9.17) is 9.47 Å². The van der Waals surface area contributed by atoms with E-state index in [1.807, 2.05) is 24.3 Å². The zero-order valence-corrected chi connectivity index (χ0v) is 16.2. The minimum Gasteiger partial charge on any atom is -0.497 e. The number of ether oxygens (including phenoxy) is 2. The van der Waals surface area contributed by atoms with E-state index in [0.717, 1.165) is 11.3 Å². The molecule has 0 spiro atoms. The van der Waals surface area contributed by atoms with Gasteiger partial charge in [-0.3, -0.25) is 9.59 Å². The van der Waals surface area contributed by atoms with E-state index in [0.29, 0.717) is 24.4 Å². The van der Waals surface area contributed by atoms with E-state index in [9.17, 15) is 9.59 Å². The number of benzene rings is 2. The van der Waals surface area contributed by atoms with Gasteiger partial charge >= 0.3 is 0 Å². The monoisotopic (exact) mass is 370 g/mol. The van der Waals surface area contributed by atoms with Crippen LogP contribution in [0.4, 0.5) is 5.69 Å². The Kier molecular flexibility index (Phi) is 6.82. The van der Waals surface area contributed by atoms with Gasteiger partial charge in [0, 0.05) is 12.2 Å². The fraction of sp³-hybridized carbons (Fsp3) is 0.333. The van der Waals surface area contributed by atoms with E-state index in [-0.39, 0.29) is 11.8 Å². The molecule has 6 nitrogen and oxygen atoms in total. The molecule has 2 N–H and O–H groups in total. The predicted octanol–water partition coefficient (Wildman–Crippen LogP) is 3.03. The molecule has 0 radical (unpaired) electrons. The number of methoxy groups -OCH3 is 2. The number of rotatable bonds is 8. The van der Waals surface area contributed by atoms with Crippen LogP contribution >= 0.6 is 0 Å². The first-order valence-corrected chi connectivity index (χ1v) is 8.73. The van der Waals surface area contributed by atoms with Gasteiger partial charge in [0.2, 0.25) is 11.8 Å². The lowest BCUT2D eigenvalue weighted by molar-refractivity contribution is -0.138. The van der Waals surface area contributed by atoms with Gasteiger partial charge in [0.15, 0.2) is 0 Å². The van der Waals surface area contributed by atoms with Crippen molar-refractivity contribution >= 4 is 17.5 Å². The topological polar surface area (TPSA) is 76.7 Å². The summed E-state index contributed by atoms with van der Waals surface area (Å²) in [6, 6.07) is 14.6. The zero-order valence-electron chi connectivity index (χ0n) is 16.2. The maximum Gasteiger partial charge on any atom is 0.239 e. The highest BCUT2D eigenvalue weighted by Crippen LogP contribution is 2.21. The average molecular weight is 370 g/mol. The average Bonchev–Trinajstić information content (AvgIpc) is 2.68. The number of carbonyl (C=O) groups is 2. The largest absolute Gasteiger partial charge is 0.497 e. The minimum atomic E-state index is -1.19. The molecule has 0 saturated carbocycles. The third kappa shape index (κ3) is 5.48. The molecule has 0 bridgehead atoms. The molecule has 144 valence electrons. The highest BCUT2D eigenvalue weighted by atomic mass is 16.5. The van der Waals surface area contributed by atoms with Crippen molar-refractivity contribution in [3.8, 4) is 11.5 Å². The maximum absolute atomic E-state index is 12.5. The Hall–Kier alpha value is -3.02. The van der Waals surface area contributed by atoms with Crippen LogP contribution in [0.15, 0.2) is 48.5 Å². The SMILES string of the molecule is COc1ccc(CCNC(=O)C(C)(C)C(=O)Nc2ccc(OC)cc2)cc1. The number of nitrogens with one attached hydrogen (secondary N) is 2. The van der Waals surface area contributed by atoms with Gasteiger partial charge in [-0.2, -0.15) is 0 Å². The maximum atomic E-state index is 12.5. The molecule has 2 rings (SSSR count). The van der Waals surface area contributed by atoms with Crippen molar-refractivity contribution < 1.29 is 19.1 Å². The van der Waals surface area contributed by atoms with Gasteiger partial charge in [-0.25, -0.2) is 0 Å². The number of hydrogen-bond acceptors (Lipinski definition) is 4. The molecule has 6 heteroatoms. The Morgan fingerprint density at radius 2 is 1.37 bits per heavy atom. The van der Waals surface area contributed by atoms with Gasteiger partial charge in [-0.05, 0) is 62.2 Å². The predicted molar refractivity (Wildman–Crippen MR) is 105 cm³/mol. The summed E-state index contributed by atoms with van der Waals surface area (Å²) in [6.45, 7) is 3.66. The first-order chi connectivity index (χ1) is 12.9. The third-order valence-corrected chi connectivity index (χ3v) is 4.34. The van der Waals surface area contributed by atoms with E-state index in [1.54, 1.807) is 52.3 Å². The molecule has 0 aliphatic heterocycles. The number of hydrogen-bond donors (Lipinski definition) is 2. The Morgan fingerprint density at radius 3 is 1.89 bits per heavy atom. The Labute approximate surface area is 159 Å². The highest BCUT2D eigenvalue weighted by molar-refractivity contribution is 6.09. The molecule has 0 heterocycles. The number of carbonyl (C=O) groups excluding carboxylic acids is 2. The van der Waals surface area contributed by atoms with Crippen LogP contribution in [0.5, 0.6) is 11.5 Å². The van der Waals surface area contributed by atoms with Crippen molar-refractivity contribution in [1.29, 1.82) is 0 Å².